The van der Waals surface area contributed by atoms with Gasteiger partial charge in [0.15, 0.2) is 5.43 Å². The molecule has 0 aliphatic carbocycles. The molecule has 0 fully saturated rings. The van der Waals surface area contributed by atoms with Crippen LogP contribution < -0.4 is 20.5 Å². The van der Waals surface area contributed by atoms with Crippen LogP contribution in [0.15, 0.2) is 49.0 Å². The number of esters is 1. The highest BCUT2D eigenvalue weighted by Crippen LogP contribution is 2.36. The van der Waals surface area contributed by atoms with E-state index >= 15 is 0 Å². The van der Waals surface area contributed by atoms with Crippen molar-refractivity contribution < 1.29 is 23.1 Å². The Balaban J connectivity index is 1.97. The van der Waals surface area contributed by atoms with Gasteiger partial charge in [0.05, 0.1) is 30.7 Å². The van der Waals surface area contributed by atoms with Crippen LogP contribution in [-0.2, 0) is 4.79 Å². The first-order valence-corrected chi connectivity index (χ1v) is 7.92. The molecule has 26 heavy (non-hydrogen) atoms. The van der Waals surface area contributed by atoms with Crippen molar-refractivity contribution in [2.45, 2.75) is 19.3 Å². The normalized spacial score (nSPS) is 16.2. The van der Waals surface area contributed by atoms with E-state index in [9.17, 15) is 14.4 Å². The van der Waals surface area contributed by atoms with Crippen molar-refractivity contribution >= 4 is 16.9 Å². The SMILES string of the molecule is COc1ccc2occ([C@H]3CC(=O)Oc4cc(C)oc(=O)c43)c(=O)c2c1. The van der Waals surface area contributed by atoms with E-state index in [2.05, 4.69) is 0 Å². The third-order valence-electron chi connectivity index (χ3n) is 4.40. The van der Waals surface area contributed by atoms with Crippen LogP contribution in [0, 0.1) is 6.92 Å². The van der Waals surface area contributed by atoms with Crippen LogP contribution in [0.5, 0.6) is 11.5 Å². The van der Waals surface area contributed by atoms with Crippen molar-refractivity contribution in [3.63, 3.8) is 0 Å². The Morgan fingerprint density at radius 3 is 2.73 bits per heavy atom. The summed E-state index contributed by atoms with van der Waals surface area (Å²) >= 11 is 0. The van der Waals surface area contributed by atoms with Gasteiger partial charge in [0.25, 0.3) is 0 Å². The summed E-state index contributed by atoms with van der Waals surface area (Å²) in [5.41, 5.74) is -0.253. The topological polar surface area (TPSA) is 95.9 Å². The maximum absolute atomic E-state index is 13.0. The van der Waals surface area contributed by atoms with Crippen molar-refractivity contribution in [2.75, 3.05) is 7.11 Å². The van der Waals surface area contributed by atoms with Crippen molar-refractivity contribution in [1.29, 1.82) is 0 Å². The second-order valence-electron chi connectivity index (χ2n) is 6.04. The minimum absolute atomic E-state index is 0.116. The standard InChI is InChI=1S/C19H14O7/c1-9-5-15-17(19(22)25-9)11(7-16(20)26-15)13-8-24-14-4-3-10(23-2)6-12(14)18(13)21/h3-6,8,11H,7H2,1-2H3/t11-/m1/s1. The molecule has 0 radical (unpaired) electrons. The van der Waals surface area contributed by atoms with E-state index in [0.717, 1.165) is 0 Å². The summed E-state index contributed by atoms with van der Waals surface area (Å²) < 4.78 is 21.0. The first-order valence-electron chi connectivity index (χ1n) is 7.92. The molecule has 7 heteroatoms. The first kappa shape index (κ1) is 16.1. The highest BCUT2D eigenvalue weighted by atomic mass is 16.5. The van der Waals surface area contributed by atoms with E-state index in [0.29, 0.717) is 22.5 Å². The lowest BCUT2D eigenvalue weighted by atomic mass is 9.87. The molecule has 1 aliphatic heterocycles. The number of benzene rings is 1. The van der Waals surface area contributed by atoms with Crippen molar-refractivity contribution in [3.8, 4) is 11.5 Å². The van der Waals surface area contributed by atoms with Crippen molar-refractivity contribution in [3.05, 3.63) is 68.1 Å². The van der Waals surface area contributed by atoms with Crippen LogP contribution in [-0.4, -0.2) is 13.1 Å². The molecule has 1 atom stereocenters. The molecule has 3 heterocycles. The molecule has 7 nitrogen and oxygen atoms in total. The van der Waals surface area contributed by atoms with Crippen LogP contribution in [0.2, 0.25) is 0 Å². The highest BCUT2D eigenvalue weighted by Gasteiger charge is 2.34. The van der Waals surface area contributed by atoms with Gasteiger partial charge in [-0.1, -0.05) is 0 Å². The summed E-state index contributed by atoms with van der Waals surface area (Å²) in [5, 5.41) is 0.304. The number of hydrogen-bond acceptors (Lipinski definition) is 7. The van der Waals surface area contributed by atoms with Gasteiger partial charge in [-0.2, -0.15) is 0 Å². The van der Waals surface area contributed by atoms with Crippen LogP contribution in [0.3, 0.4) is 0 Å². The van der Waals surface area contributed by atoms with Gasteiger partial charge >= 0.3 is 11.6 Å². The number of carbonyl (C=O) groups is 1. The number of rotatable bonds is 2. The molecule has 0 spiro atoms. The Bertz CT molecular complexity index is 1150. The monoisotopic (exact) mass is 354 g/mol. The number of methoxy groups -OCH3 is 1. The molecule has 1 aliphatic rings. The molecule has 132 valence electrons. The molecular weight excluding hydrogens is 340 g/mol. The minimum Gasteiger partial charge on any atom is -0.497 e. The molecule has 0 saturated carbocycles. The molecule has 0 saturated heterocycles. The molecule has 0 N–H and O–H groups in total. The molecule has 4 rings (SSSR count). The summed E-state index contributed by atoms with van der Waals surface area (Å²) in [4.78, 5) is 37.3. The predicted octanol–water partition coefficient (Wildman–Crippen LogP) is 2.50. The Hall–Kier alpha value is -3.35. The quantitative estimate of drug-likeness (QED) is 0.652. The minimum atomic E-state index is -0.796. The average molecular weight is 354 g/mol. The third kappa shape index (κ3) is 2.48. The van der Waals surface area contributed by atoms with Crippen LogP contribution >= 0.6 is 0 Å². The lowest BCUT2D eigenvalue weighted by molar-refractivity contribution is -0.135. The van der Waals surface area contributed by atoms with E-state index < -0.39 is 17.5 Å². The van der Waals surface area contributed by atoms with E-state index in [1.807, 2.05) is 0 Å². The molecule has 0 amide bonds. The molecule has 0 unspecified atom stereocenters. The van der Waals surface area contributed by atoms with Crippen molar-refractivity contribution in [2.24, 2.45) is 0 Å². The maximum atomic E-state index is 13.0. The summed E-state index contributed by atoms with van der Waals surface area (Å²) in [6, 6.07) is 6.33. The van der Waals surface area contributed by atoms with Gasteiger partial charge in [-0.3, -0.25) is 9.59 Å². The zero-order valence-corrected chi connectivity index (χ0v) is 14.0. The first-order chi connectivity index (χ1) is 12.5. The predicted molar refractivity (Wildman–Crippen MR) is 90.8 cm³/mol. The van der Waals surface area contributed by atoms with Crippen LogP contribution in [0.4, 0.5) is 0 Å². The lowest BCUT2D eigenvalue weighted by Gasteiger charge is -2.22. The molecule has 1 aromatic carbocycles. The second kappa shape index (κ2) is 5.87. The zero-order chi connectivity index (χ0) is 18.4. The number of ether oxygens (including phenoxy) is 2. The Morgan fingerprint density at radius 1 is 1.15 bits per heavy atom. The fourth-order valence-corrected chi connectivity index (χ4v) is 3.18. The lowest BCUT2D eigenvalue weighted by Crippen LogP contribution is -2.29. The summed E-state index contributed by atoms with van der Waals surface area (Å²) in [6.45, 7) is 1.58. The number of aryl methyl sites for hydroxylation is 1. The number of hydrogen-bond donors (Lipinski definition) is 0. The summed E-state index contributed by atoms with van der Waals surface area (Å²) in [6.07, 6.45) is 1.13. The molecule has 0 bridgehead atoms. The maximum Gasteiger partial charge on any atom is 0.343 e. The largest absolute Gasteiger partial charge is 0.497 e. The van der Waals surface area contributed by atoms with Gasteiger partial charge in [0.2, 0.25) is 0 Å². The van der Waals surface area contributed by atoms with Crippen LogP contribution in [0.1, 0.15) is 29.2 Å². The van der Waals surface area contributed by atoms with Gasteiger partial charge in [-0.25, -0.2) is 4.79 Å². The van der Waals surface area contributed by atoms with Crippen molar-refractivity contribution in [1.82, 2.24) is 0 Å². The van der Waals surface area contributed by atoms with E-state index in [1.54, 1.807) is 25.1 Å². The highest BCUT2D eigenvalue weighted by molar-refractivity contribution is 5.80. The fourth-order valence-electron chi connectivity index (χ4n) is 3.18. The molecule has 2 aromatic heterocycles. The van der Waals surface area contributed by atoms with E-state index in [4.69, 9.17) is 18.3 Å². The molecular formula is C19H14O7. The van der Waals surface area contributed by atoms with Gasteiger partial charge in [0.1, 0.15) is 22.8 Å². The Labute approximate surface area is 146 Å². The number of carbonyl (C=O) groups excluding carboxylic acids is 1. The van der Waals surface area contributed by atoms with E-state index in [-0.39, 0.29) is 28.7 Å². The average Bonchev–Trinajstić information content (AvgIpc) is 2.60. The van der Waals surface area contributed by atoms with Gasteiger partial charge in [-0.15, -0.1) is 0 Å². The fraction of sp³-hybridized carbons (Fsp3) is 0.211. The van der Waals surface area contributed by atoms with Gasteiger partial charge in [0, 0.05) is 17.5 Å². The van der Waals surface area contributed by atoms with Gasteiger partial charge in [-0.05, 0) is 25.1 Å². The zero-order valence-electron chi connectivity index (χ0n) is 14.0. The summed E-state index contributed by atoms with van der Waals surface area (Å²) in [5.74, 6) is -0.393. The Morgan fingerprint density at radius 2 is 1.96 bits per heavy atom. The smallest absolute Gasteiger partial charge is 0.343 e. The third-order valence-corrected chi connectivity index (χ3v) is 4.40. The molecule has 3 aromatic rings. The van der Waals surface area contributed by atoms with Gasteiger partial charge < -0.3 is 18.3 Å². The van der Waals surface area contributed by atoms with E-state index in [1.165, 1.54) is 19.4 Å². The Kier molecular flexibility index (Phi) is 3.64. The van der Waals surface area contributed by atoms with Crippen LogP contribution in [0.25, 0.3) is 11.0 Å². The number of fused-ring (bicyclic) bond motifs is 2. The second-order valence-corrected chi connectivity index (χ2v) is 6.04. The summed E-state index contributed by atoms with van der Waals surface area (Å²) in [7, 11) is 1.49.